The molecule has 2 bridgehead atoms. The van der Waals surface area contributed by atoms with E-state index in [1.165, 1.54) is 25.9 Å². The lowest BCUT2D eigenvalue weighted by Crippen LogP contribution is -2.48. The summed E-state index contributed by atoms with van der Waals surface area (Å²) < 4.78 is 2.12. The van der Waals surface area contributed by atoms with Crippen molar-refractivity contribution >= 4 is 11.6 Å². The summed E-state index contributed by atoms with van der Waals surface area (Å²) in [5, 5.41) is 14.5. The third-order valence-electron chi connectivity index (χ3n) is 4.84. The minimum absolute atomic E-state index is 0.116. The monoisotopic (exact) mass is 303 g/mol. The zero-order valence-electron chi connectivity index (χ0n) is 11.7. The van der Waals surface area contributed by atoms with Crippen LogP contribution in [0.3, 0.4) is 0 Å². The second-order valence-corrected chi connectivity index (χ2v) is 6.49. The summed E-state index contributed by atoms with van der Waals surface area (Å²) >= 11 is 5.99. The fraction of sp³-hybridized carbons (Fsp3) is 0.438. The molecule has 1 atom stereocenters. The first-order chi connectivity index (χ1) is 10.2. The molecule has 1 aromatic heterocycles. The minimum atomic E-state index is 0.116. The highest BCUT2D eigenvalue weighted by atomic mass is 35.5. The Morgan fingerprint density at radius 3 is 2.67 bits per heavy atom. The fourth-order valence-corrected chi connectivity index (χ4v) is 3.77. The molecule has 0 spiro atoms. The Bertz CT molecular complexity index is 661. The van der Waals surface area contributed by atoms with E-state index in [2.05, 4.69) is 20.9 Å². The lowest BCUT2D eigenvalue weighted by Gasteiger charge is -2.44. The second-order valence-electron chi connectivity index (χ2n) is 6.08. The number of piperidine rings is 3. The summed E-state index contributed by atoms with van der Waals surface area (Å²) in [7, 11) is 0. The fourth-order valence-electron chi connectivity index (χ4n) is 3.59. The lowest BCUT2D eigenvalue weighted by molar-refractivity contribution is 0.0513. The van der Waals surface area contributed by atoms with Crippen molar-refractivity contribution in [2.45, 2.75) is 18.9 Å². The molecule has 0 amide bonds. The third-order valence-corrected chi connectivity index (χ3v) is 5.15. The molecule has 4 nitrogen and oxygen atoms in total. The maximum atomic E-state index is 9.51. The van der Waals surface area contributed by atoms with E-state index in [-0.39, 0.29) is 5.75 Å². The summed E-state index contributed by atoms with van der Waals surface area (Å²) in [5.41, 5.74) is 2.04. The van der Waals surface area contributed by atoms with Gasteiger partial charge < -0.3 is 10.0 Å². The number of fused-ring (bicyclic) bond motifs is 3. The van der Waals surface area contributed by atoms with Crippen molar-refractivity contribution < 1.29 is 5.11 Å². The van der Waals surface area contributed by atoms with E-state index in [1.54, 1.807) is 12.1 Å². The first-order valence-electron chi connectivity index (χ1n) is 7.46. The van der Waals surface area contributed by atoms with E-state index in [4.69, 9.17) is 11.6 Å². The van der Waals surface area contributed by atoms with Gasteiger partial charge in [-0.15, -0.1) is 0 Å². The van der Waals surface area contributed by atoms with Gasteiger partial charge in [0.15, 0.2) is 0 Å². The number of aromatic hydroxyl groups is 1. The number of hydrogen-bond acceptors (Lipinski definition) is 3. The van der Waals surface area contributed by atoms with Gasteiger partial charge in [0.2, 0.25) is 0 Å². The molecule has 0 radical (unpaired) electrons. The Labute approximate surface area is 128 Å². The van der Waals surface area contributed by atoms with Crippen LogP contribution < -0.4 is 0 Å². The lowest BCUT2D eigenvalue weighted by atomic mass is 9.84. The zero-order valence-corrected chi connectivity index (χ0v) is 12.5. The molecule has 3 fully saturated rings. The molecule has 5 heteroatoms. The highest BCUT2D eigenvalue weighted by Gasteiger charge is 2.35. The van der Waals surface area contributed by atoms with Gasteiger partial charge in [0.25, 0.3) is 0 Å². The average Bonchev–Trinajstić information content (AvgIpc) is 3.01. The molecule has 1 aromatic carbocycles. The second kappa shape index (κ2) is 5.04. The van der Waals surface area contributed by atoms with Crippen LogP contribution in [-0.4, -0.2) is 39.4 Å². The quantitative estimate of drug-likeness (QED) is 0.926. The van der Waals surface area contributed by atoms with Crippen LogP contribution in [0.15, 0.2) is 30.6 Å². The van der Waals surface area contributed by atoms with Crippen LogP contribution in [0, 0.1) is 5.92 Å². The zero-order chi connectivity index (χ0) is 14.4. The number of nitrogens with zero attached hydrogens (tertiary/aromatic N) is 3. The Kier molecular flexibility index (Phi) is 3.16. The molecule has 2 aromatic rings. The van der Waals surface area contributed by atoms with E-state index >= 15 is 0 Å². The molecule has 0 aliphatic carbocycles. The van der Waals surface area contributed by atoms with E-state index in [1.807, 2.05) is 12.3 Å². The number of aromatic nitrogens is 2. The van der Waals surface area contributed by atoms with E-state index in [9.17, 15) is 5.11 Å². The van der Waals surface area contributed by atoms with Crippen LogP contribution in [-0.2, 0) is 0 Å². The summed E-state index contributed by atoms with van der Waals surface area (Å²) in [6, 6.07) is 5.78. The predicted octanol–water partition coefficient (Wildman–Crippen LogP) is 3.18. The standard InChI is InChI=1S/C16H18ClN3O/c17-14-7-12(1-2-16(14)21)13-8-18-20(9-13)15-10-19-5-3-11(15)4-6-19/h1-2,7-9,11,15,21H,3-6,10H2. The SMILES string of the molecule is Oc1ccc(-c2cnn(C3CN4CCC3CC4)c2)cc1Cl. The van der Waals surface area contributed by atoms with Gasteiger partial charge >= 0.3 is 0 Å². The van der Waals surface area contributed by atoms with Gasteiger partial charge in [-0.2, -0.15) is 5.10 Å². The Morgan fingerprint density at radius 1 is 1.19 bits per heavy atom. The number of phenols is 1. The summed E-state index contributed by atoms with van der Waals surface area (Å²) in [6.07, 6.45) is 6.56. The van der Waals surface area contributed by atoms with Gasteiger partial charge in [0.1, 0.15) is 5.75 Å². The molecule has 4 heterocycles. The first-order valence-corrected chi connectivity index (χ1v) is 7.84. The first kappa shape index (κ1) is 13.2. The molecule has 21 heavy (non-hydrogen) atoms. The van der Waals surface area contributed by atoms with E-state index < -0.39 is 0 Å². The van der Waals surface area contributed by atoms with Crippen molar-refractivity contribution in [2.75, 3.05) is 19.6 Å². The van der Waals surface area contributed by atoms with Crippen molar-refractivity contribution in [3.05, 3.63) is 35.6 Å². The summed E-state index contributed by atoms with van der Waals surface area (Å²) in [4.78, 5) is 2.53. The highest BCUT2D eigenvalue weighted by molar-refractivity contribution is 6.32. The normalized spacial score (nSPS) is 28.0. The molecule has 110 valence electrons. The molecular formula is C16H18ClN3O. The Balaban J connectivity index is 1.62. The van der Waals surface area contributed by atoms with Crippen molar-refractivity contribution in [1.29, 1.82) is 0 Å². The van der Waals surface area contributed by atoms with Crippen LogP contribution in [0.25, 0.3) is 11.1 Å². The van der Waals surface area contributed by atoms with Crippen LogP contribution >= 0.6 is 11.6 Å². The highest BCUT2D eigenvalue weighted by Crippen LogP contribution is 2.36. The average molecular weight is 304 g/mol. The van der Waals surface area contributed by atoms with Gasteiger partial charge in [-0.1, -0.05) is 17.7 Å². The van der Waals surface area contributed by atoms with Crippen LogP contribution in [0.2, 0.25) is 5.02 Å². The van der Waals surface area contributed by atoms with E-state index in [0.29, 0.717) is 11.1 Å². The third kappa shape index (κ3) is 2.32. The minimum Gasteiger partial charge on any atom is -0.506 e. The summed E-state index contributed by atoms with van der Waals surface area (Å²) in [5.74, 6) is 0.872. The maximum absolute atomic E-state index is 9.51. The molecule has 3 aliphatic heterocycles. The van der Waals surface area contributed by atoms with Crippen molar-refractivity contribution in [3.8, 4) is 16.9 Å². The van der Waals surface area contributed by atoms with Crippen LogP contribution in [0.1, 0.15) is 18.9 Å². The van der Waals surface area contributed by atoms with Crippen LogP contribution in [0.4, 0.5) is 0 Å². The maximum Gasteiger partial charge on any atom is 0.134 e. The Hall–Kier alpha value is -1.52. The van der Waals surface area contributed by atoms with Gasteiger partial charge in [-0.25, -0.2) is 0 Å². The largest absolute Gasteiger partial charge is 0.506 e. The molecule has 5 rings (SSSR count). The van der Waals surface area contributed by atoms with Crippen LogP contribution in [0.5, 0.6) is 5.75 Å². The van der Waals surface area contributed by atoms with Crippen molar-refractivity contribution in [3.63, 3.8) is 0 Å². The van der Waals surface area contributed by atoms with Gasteiger partial charge in [-0.3, -0.25) is 4.68 Å². The molecular weight excluding hydrogens is 286 g/mol. The molecule has 0 saturated carbocycles. The van der Waals surface area contributed by atoms with Crippen molar-refractivity contribution in [1.82, 2.24) is 14.7 Å². The number of phenolic OH excluding ortho intramolecular Hbond substituents is 1. The van der Waals surface area contributed by atoms with Gasteiger partial charge in [-0.05, 0) is 49.5 Å². The Morgan fingerprint density at radius 2 is 2.00 bits per heavy atom. The topological polar surface area (TPSA) is 41.3 Å². The number of halogens is 1. The molecule has 3 aliphatic rings. The molecule has 3 saturated heterocycles. The summed E-state index contributed by atoms with van der Waals surface area (Å²) in [6.45, 7) is 3.59. The van der Waals surface area contributed by atoms with Gasteiger partial charge in [0.05, 0.1) is 17.3 Å². The number of rotatable bonds is 2. The molecule has 1 unspecified atom stereocenters. The number of benzene rings is 1. The molecule has 1 N–H and O–H groups in total. The van der Waals surface area contributed by atoms with Crippen molar-refractivity contribution in [2.24, 2.45) is 5.92 Å². The smallest absolute Gasteiger partial charge is 0.134 e. The predicted molar refractivity (Wildman–Crippen MR) is 82.5 cm³/mol. The number of hydrogen-bond donors (Lipinski definition) is 1. The van der Waals surface area contributed by atoms with Gasteiger partial charge in [0, 0.05) is 18.3 Å². The van der Waals surface area contributed by atoms with E-state index in [0.717, 1.165) is 23.6 Å².